The van der Waals surface area contributed by atoms with Crippen LogP contribution in [0.5, 0.6) is 5.75 Å². The number of hydrogen-bond donors (Lipinski definition) is 1. The summed E-state index contributed by atoms with van der Waals surface area (Å²) in [5.41, 5.74) is 1.63. The van der Waals surface area contributed by atoms with Gasteiger partial charge in [0.1, 0.15) is 0 Å². The van der Waals surface area contributed by atoms with Crippen LogP contribution in [0.1, 0.15) is 43.0 Å². The molecule has 0 unspecified atom stereocenters. The molecule has 38 heavy (non-hydrogen) atoms. The normalized spacial score (nSPS) is 14.4. The Morgan fingerprint density at radius 3 is 2.45 bits per heavy atom. The van der Waals surface area contributed by atoms with Gasteiger partial charge in [-0.25, -0.2) is 13.4 Å². The number of carbonyl (C=O) groups is 1. The fourth-order valence-corrected chi connectivity index (χ4v) is 6.62. The van der Waals surface area contributed by atoms with Gasteiger partial charge in [-0.1, -0.05) is 61.5 Å². The van der Waals surface area contributed by atoms with Crippen LogP contribution in [-0.4, -0.2) is 56.5 Å². The third kappa shape index (κ3) is 7.05. The van der Waals surface area contributed by atoms with Gasteiger partial charge in [0.25, 0.3) is 5.91 Å². The number of thiazole rings is 1. The molecule has 0 radical (unpaired) electrons. The maximum Gasteiger partial charge on any atom is 0.257 e. The third-order valence-corrected chi connectivity index (χ3v) is 9.22. The van der Waals surface area contributed by atoms with E-state index in [1.807, 2.05) is 0 Å². The van der Waals surface area contributed by atoms with Crippen LogP contribution in [0.25, 0.3) is 11.3 Å². The molecule has 3 aromatic rings. The molecule has 0 saturated carbocycles. The summed E-state index contributed by atoms with van der Waals surface area (Å²) < 4.78 is 38.1. The Kier molecular flexibility index (Phi) is 10.0. The fraction of sp³-hybridized carbons (Fsp3) is 0.385. The molecule has 2 heterocycles. The summed E-state index contributed by atoms with van der Waals surface area (Å²) in [5, 5.41) is 5.48. The molecule has 1 fully saturated rings. The van der Waals surface area contributed by atoms with E-state index in [4.69, 9.17) is 32.7 Å². The van der Waals surface area contributed by atoms with E-state index in [0.717, 1.165) is 31.2 Å². The topological polar surface area (TPSA) is 97.8 Å². The van der Waals surface area contributed by atoms with Crippen LogP contribution < -0.4 is 10.1 Å². The molecule has 12 heteroatoms. The number of benzene rings is 2. The summed E-state index contributed by atoms with van der Waals surface area (Å²) in [4.78, 5) is 17.5. The third-order valence-electron chi connectivity index (χ3n) is 5.99. The van der Waals surface area contributed by atoms with Crippen LogP contribution in [0.2, 0.25) is 10.0 Å². The van der Waals surface area contributed by atoms with E-state index in [-0.39, 0.29) is 20.5 Å². The number of rotatable bonds is 11. The lowest BCUT2D eigenvalue weighted by molar-refractivity contribution is 0.0730. The molecule has 2 aromatic carbocycles. The number of sulfonamides is 1. The largest absolute Gasteiger partial charge is 0.490 e. The summed E-state index contributed by atoms with van der Waals surface area (Å²) in [6.45, 7) is 4.10. The predicted molar refractivity (Wildman–Crippen MR) is 151 cm³/mol. The molecule has 1 aromatic heterocycles. The lowest BCUT2D eigenvalue weighted by Gasteiger charge is -2.26. The molecule has 1 aliphatic heterocycles. The van der Waals surface area contributed by atoms with Crippen LogP contribution in [0, 0.1) is 0 Å². The molecule has 0 spiro atoms. The smallest absolute Gasteiger partial charge is 0.257 e. The van der Waals surface area contributed by atoms with Gasteiger partial charge in [-0.05, 0) is 30.7 Å². The number of aromatic nitrogens is 1. The van der Waals surface area contributed by atoms with Crippen molar-refractivity contribution in [2.75, 3.05) is 38.2 Å². The lowest BCUT2D eigenvalue weighted by atomic mass is 10.2. The Bertz CT molecular complexity index is 1330. The highest BCUT2D eigenvalue weighted by Crippen LogP contribution is 2.35. The van der Waals surface area contributed by atoms with Crippen molar-refractivity contribution >= 4 is 55.6 Å². The lowest BCUT2D eigenvalue weighted by Crippen LogP contribution is -2.40. The number of unbranched alkanes of at least 4 members (excludes halogenated alkanes) is 3. The maximum atomic E-state index is 12.8. The van der Waals surface area contributed by atoms with Gasteiger partial charge in [-0.2, -0.15) is 4.31 Å². The number of anilines is 1. The number of nitrogens with one attached hydrogen (secondary N) is 1. The van der Waals surface area contributed by atoms with Crippen LogP contribution >= 0.6 is 34.5 Å². The maximum absolute atomic E-state index is 12.8. The SMILES string of the molecule is CCCCCCOc1c(Cl)cc(C(=O)Nc2nc(-c3ccc(S(=O)(=O)N4CCOCC4)cc3)cs2)cc1Cl. The van der Waals surface area contributed by atoms with Crippen molar-refractivity contribution < 1.29 is 22.7 Å². The van der Waals surface area contributed by atoms with Crippen molar-refractivity contribution in [3.63, 3.8) is 0 Å². The Morgan fingerprint density at radius 1 is 1.11 bits per heavy atom. The van der Waals surface area contributed by atoms with E-state index >= 15 is 0 Å². The van der Waals surface area contributed by atoms with Crippen molar-refractivity contribution in [1.82, 2.24) is 9.29 Å². The number of morpholine rings is 1. The Hall–Kier alpha value is -2.21. The highest BCUT2D eigenvalue weighted by Gasteiger charge is 2.26. The molecular weight excluding hydrogens is 569 g/mol. The van der Waals surface area contributed by atoms with E-state index in [1.54, 1.807) is 29.6 Å². The predicted octanol–water partition coefficient (Wildman–Crippen LogP) is 6.35. The standard InChI is InChI=1S/C26H29Cl2N3O5S2/c1-2-3-4-5-12-36-24-21(27)15-19(16-22(24)28)25(32)30-26-29-23(17-37-26)18-6-8-20(9-7-18)38(33,34)31-10-13-35-14-11-31/h6-9,15-17H,2-5,10-14H2,1H3,(H,29,30,32). The Balaban J connectivity index is 1.39. The molecule has 0 bridgehead atoms. The minimum absolute atomic E-state index is 0.217. The quantitative estimate of drug-likeness (QED) is 0.259. The molecule has 204 valence electrons. The molecule has 4 rings (SSSR count). The first-order valence-corrected chi connectivity index (χ1v) is 15.4. The van der Waals surface area contributed by atoms with E-state index < -0.39 is 15.9 Å². The van der Waals surface area contributed by atoms with Gasteiger partial charge in [0.05, 0.1) is 40.5 Å². The Morgan fingerprint density at radius 2 is 1.79 bits per heavy atom. The van der Waals surface area contributed by atoms with Crippen LogP contribution in [0.15, 0.2) is 46.7 Å². The van der Waals surface area contributed by atoms with Crippen molar-refractivity contribution in [1.29, 1.82) is 0 Å². The van der Waals surface area contributed by atoms with Crippen molar-refractivity contribution in [3.8, 4) is 17.0 Å². The summed E-state index contributed by atoms with van der Waals surface area (Å²) in [6.07, 6.45) is 4.25. The zero-order valence-electron chi connectivity index (χ0n) is 20.9. The van der Waals surface area contributed by atoms with Gasteiger partial charge in [0, 0.05) is 29.6 Å². The van der Waals surface area contributed by atoms with Crippen molar-refractivity contribution in [3.05, 3.63) is 57.4 Å². The average molecular weight is 599 g/mol. The summed E-state index contributed by atoms with van der Waals surface area (Å²) >= 11 is 13.9. The first-order chi connectivity index (χ1) is 18.3. The van der Waals surface area contributed by atoms with Crippen molar-refractivity contribution in [2.45, 2.75) is 37.5 Å². The monoisotopic (exact) mass is 597 g/mol. The fourth-order valence-electron chi connectivity index (χ4n) is 3.90. The number of amides is 1. The molecule has 0 aliphatic carbocycles. The van der Waals surface area contributed by atoms with E-state index in [2.05, 4.69) is 17.2 Å². The summed E-state index contributed by atoms with van der Waals surface area (Å²) in [7, 11) is -3.57. The number of halogens is 2. The van der Waals surface area contributed by atoms with E-state index in [1.165, 1.54) is 27.8 Å². The number of hydrogen-bond acceptors (Lipinski definition) is 7. The second-order valence-electron chi connectivity index (χ2n) is 8.71. The highest BCUT2D eigenvalue weighted by molar-refractivity contribution is 7.89. The molecule has 1 N–H and O–H groups in total. The average Bonchev–Trinajstić information content (AvgIpc) is 3.38. The molecule has 1 amide bonds. The van der Waals surface area contributed by atoms with Gasteiger partial charge < -0.3 is 9.47 Å². The van der Waals surface area contributed by atoms with Gasteiger partial charge in [-0.3, -0.25) is 10.1 Å². The van der Waals surface area contributed by atoms with E-state index in [0.29, 0.717) is 49.5 Å². The zero-order chi connectivity index (χ0) is 27.1. The number of ether oxygens (including phenoxy) is 2. The molecule has 1 aliphatic rings. The molecule has 8 nitrogen and oxygen atoms in total. The minimum atomic E-state index is -3.57. The van der Waals surface area contributed by atoms with Crippen molar-refractivity contribution in [2.24, 2.45) is 0 Å². The van der Waals surface area contributed by atoms with E-state index in [9.17, 15) is 13.2 Å². The van der Waals surface area contributed by atoms with Gasteiger partial charge in [0.2, 0.25) is 10.0 Å². The number of carbonyl (C=O) groups excluding carboxylic acids is 1. The summed E-state index contributed by atoms with van der Waals surface area (Å²) in [5.74, 6) is -0.0341. The summed E-state index contributed by atoms with van der Waals surface area (Å²) in [6, 6.07) is 9.58. The first-order valence-electron chi connectivity index (χ1n) is 12.4. The van der Waals surface area contributed by atoms with Gasteiger partial charge >= 0.3 is 0 Å². The minimum Gasteiger partial charge on any atom is -0.490 e. The number of nitrogens with zero attached hydrogens (tertiary/aromatic N) is 2. The van der Waals surface area contributed by atoms with Crippen LogP contribution in [-0.2, 0) is 14.8 Å². The molecule has 1 saturated heterocycles. The highest BCUT2D eigenvalue weighted by atomic mass is 35.5. The Labute approximate surface area is 236 Å². The molecule has 0 atom stereocenters. The van der Waals surface area contributed by atoms with Crippen LogP contribution in [0.4, 0.5) is 5.13 Å². The van der Waals surface area contributed by atoms with Crippen LogP contribution in [0.3, 0.4) is 0 Å². The second kappa shape index (κ2) is 13.2. The zero-order valence-corrected chi connectivity index (χ0v) is 24.1. The molecular formula is C26H29Cl2N3O5S2. The second-order valence-corrected chi connectivity index (χ2v) is 12.3. The van der Waals surface area contributed by atoms with Gasteiger partial charge in [0.15, 0.2) is 10.9 Å². The van der Waals surface area contributed by atoms with Gasteiger partial charge in [-0.15, -0.1) is 11.3 Å². The first kappa shape index (κ1) is 28.8.